The van der Waals surface area contributed by atoms with Crippen molar-refractivity contribution >= 4 is 5.91 Å². The minimum Gasteiger partial charge on any atom is -0.329 e. The topological polar surface area (TPSA) is 49.6 Å². The number of nitrogens with two attached hydrogens (primary N) is 1. The molecule has 1 saturated heterocycles. The van der Waals surface area contributed by atoms with E-state index in [2.05, 4.69) is 5.01 Å². The predicted octanol–water partition coefficient (Wildman–Crippen LogP) is 0.727. The Kier molecular flexibility index (Phi) is 3.59. The number of rotatable bonds is 3. The van der Waals surface area contributed by atoms with Gasteiger partial charge >= 0.3 is 0 Å². The smallest absolute Gasteiger partial charge is 0.236 e. The highest BCUT2D eigenvalue weighted by Gasteiger charge is 2.32. The highest BCUT2D eigenvalue weighted by atomic mass is 16.2. The number of nitrogens with zero attached hydrogens (tertiary/aromatic N) is 2. The molecule has 0 radical (unpaired) electrons. The van der Waals surface area contributed by atoms with Crippen molar-refractivity contribution in [2.75, 3.05) is 19.6 Å². The Balaban J connectivity index is 2.01. The van der Waals surface area contributed by atoms with E-state index in [9.17, 15) is 4.79 Å². The molecule has 0 unspecified atom stereocenters. The van der Waals surface area contributed by atoms with E-state index in [0.29, 0.717) is 25.6 Å². The molecule has 2 fully saturated rings. The molecule has 2 rings (SSSR count). The van der Waals surface area contributed by atoms with E-state index in [4.69, 9.17) is 5.73 Å². The number of carbonyl (C=O) groups is 1. The normalized spacial score (nSPS) is 25.1. The number of hydrogen-bond acceptors (Lipinski definition) is 3. The van der Waals surface area contributed by atoms with Crippen molar-refractivity contribution in [2.45, 2.75) is 44.6 Å². The van der Waals surface area contributed by atoms with Gasteiger partial charge in [-0.2, -0.15) is 0 Å². The van der Waals surface area contributed by atoms with E-state index < -0.39 is 0 Å². The maximum Gasteiger partial charge on any atom is 0.236 e. The van der Waals surface area contributed by atoms with Gasteiger partial charge in [0.25, 0.3) is 0 Å². The molecule has 0 bridgehead atoms. The molecule has 86 valence electrons. The maximum atomic E-state index is 11.8. The third-order valence-electron chi connectivity index (χ3n) is 3.46. The molecule has 1 heterocycles. The van der Waals surface area contributed by atoms with Crippen LogP contribution in [0.15, 0.2) is 0 Å². The molecule has 2 aliphatic rings. The van der Waals surface area contributed by atoms with Gasteiger partial charge in [0.1, 0.15) is 0 Å². The molecule has 1 amide bonds. The summed E-state index contributed by atoms with van der Waals surface area (Å²) in [6, 6.07) is 0.598. The SMILES string of the molecule is NCCN1C(=O)CCCN1C1CCCC1. The van der Waals surface area contributed by atoms with Gasteiger partial charge in [-0.15, -0.1) is 0 Å². The van der Waals surface area contributed by atoms with Crippen LogP contribution in [0.5, 0.6) is 0 Å². The van der Waals surface area contributed by atoms with Gasteiger partial charge in [-0.25, -0.2) is 5.01 Å². The lowest BCUT2D eigenvalue weighted by Gasteiger charge is -2.42. The molecule has 0 spiro atoms. The van der Waals surface area contributed by atoms with Gasteiger partial charge in [0.05, 0.1) is 0 Å². The molecule has 0 atom stereocenters. The summed E-state index contributed by atoms with van der Waals surface area (Å²) in [7, 11) is 0. The second-order valence-corrected chi connectivity index (χ2v) is 4.51. The standard InChI is InChI=1S/C11H21N3O/c12-7-9-14-11(15)6-3-8-13(14)10-4-1-2-5-10/h10H,1-9,12H2. The minimum atomic E-state index is 0.263. The Hall–Kier alpha value is -0.610. The first-order valence-electron chi connectivity index (χ1n) is 6.10. The van der Waals surface area contributed by atoms with Gasteiger partial charge in [-0.3, -0.25) is 9.80 Å². The maximum absolute atomic E-state index is 11.8. The molecule has 1 aliphatic carbocycles. The summed E-state index contributed by atoms with van der Waals surface area (Å²) < 4.78 is 0. The van der Waals surface area contributed by atoms with Gasteiger partial charge in [-0.1, -0.05) is 12.8 Å². The molecular formula is C11H21N3O. The molecular weight excluding hydrogens is 190 g/mol. The van der Waals surface area contributed by atoms with Gasteiger partial charge in [0, 0.05) is 32.1 Å². The van der Waals surface area contributed by atoms with Crippen molar-refractivity contribution in [1.29, 1.82) is 0 Å². The average molecular weight is 211 g/mol. The van der Waals surface area contributed by atoms with Crippen LogP contribution in [0, 0.1) is 0 Å². The second-order valence-electron chi connectivity index (χ2n) is 4.51. The van der Waals surface area contributed by atoms with Crippen molar-refractivity contribution in [3.8, 4) is 0 Å². The highest BCUT2D eigenvalue weighted by molar-refractivity contribution is 5.76. The Morgan fingerprint density at radius 3 is 2.67 bits per heavy atom. The summed E-state index contributed by atoms with van der Waals surface area (Å²) in [5.41, 5.74) is 5.56. The zero-order chi connectivity index (χ0) is 10.7. The van der Waals surface area contributed by atoms with Crippen molar-refractivity contribution in [2.24, 2.45) is 5.73 Å². The molecule has 4 nitrogen and oxygen atoms in total. The average Bonchev–Trinajstić information content (AvgIpc) is 2.74. The van der Waals surface area contributed by atoms with E-state index in [1.807, 2.05) is 5.01 Å². The Labute approximate surface area is 91.4 Å². The van der Waals surface area contributed by atoms with Gasteiger partial charge < -0.3 is 5.73 Å². The number of hydrogen-bond donors (Lipinski definition) is 1. The number of hydrazine groups is 1. The van der Waals surface area contributed by atoms with Crippen LogP contribution >= 0.6 is 0 Å². The first kappa shape index (κ1) is 10.9. The van der Waals surface area contributed by atoms with Crippen LogP contribution < -0.4 is 5.73 Å². The van der Waals surface area contributed by atoms with E-state index in [1.54, 1.807) is 0 Å². The fourth-order valence-corrected chi connectivity index (χ4v) is 2.74. The molecule has 2 N–H and O–H groups in total. The number of amides is 1. The van der Waals surface area contributed by atoms with Crippen LogP contribution in [0.2, 0.25) is 0 Å². The fourth-order valence-electron chi connectivity index (χ4n) is 2.74. The van der Waals surface area contributed by atoms with E-state index in [0.717, 1.165) is 13.0 Å². The number of carbonyl (C=O) groups excluding carboxylic acids is 1. The molecule has 15 heavy (non-hydrogen) atoms. The van der Waals surface area contributed by atoms with Crippen LogP contribution in [-0.2, 0) is 4.79 Å². The van der Waals surface area contributed by atoms with Crippen LogP contribution in [-0.4, -0.2) is 41.6 Å². The summed E-state index contributed by atoms with van der Waals surface area (Å²) in [6.45, 7) is 2.29. The van der Waals surface area contributed by atoms with Crippen LogP contribution in [0.4, 0.5) is 0 Å². The van der Waals surface area contributed by atoms with Crippen LogP contribution in [0.1, 0.15) is 38.5 Å². The quantitative estimate of drug-likeness (QED) is 0.748. The summed E-state index contributed by atoms with van der Waals surface area (Å²) >= 11 is 0. The Morgan fingerprint density at radius 2 is 2.00 bits per heavy atom. The lowest BCUT2D eigenvalue weighted by molar-refractivity contribution is -0.160. The van der Waals surface area contributed by atoms with Crippen LogP contribution in [0.25, 0.3) is 0 Å². The summed E-state index contributed by atoms with van der Waals surface area (Å²) in [5, 5.41) is 4.19. The lowest BCUT2D eigenvalue weighted by Crippen LogP contribution is -2.55. The summed E-state index contributed by atoms with van der Waals surface area (Å²) in [6.07, 6.45) is 6.82. The van der Waals surface area contributed by atoms with Gasteiger partial charge in [0.15, 0.2) is 0 Å². The first-order valence-corrected chi connectivity index (χ1v) is 6.10. The van der Waals surface area contributed by atoms with E-state index in [-0.39, 0.29) is 5.91 Å². The lowest BCUT2D eigenvalue weighted by atomic mass is 10.1. The summed E-state index contributed by atoms with van der Waals surface area (Å²) in [4.78, 5) is 11.8. The zero-order valence-electron chi connectivity index (χ0n) is 9.32. The predicted molar refractivity (Wildman–Crippen MR) is 59.0 cm³/mol. The zero-order valence-corrected chi connectivity index (χ0v) is 9.32. The Morgan fingerprint density at radius 1 is 1.27 bits per heavy atom. The molecule has 1 aliphatic heterocycles. The minimum absolute atomic E-state index is 0.263. The summed E-state index contributed by atoms with van der Waals surface area (Å²) in [5.74, 6) is 0.263. The molecule has 0 aromatic carbocycles. The molecule has 4 heteroatoms. The second kappa shape index (κ2) is 4.94. The van der Waals surface area contributed by atoms with Crippen molar-refractivity contribution in [3.63, 3.8) is 0 Å². The Bertz CT molecular complexity index is 226. The molecule has 1 saturated carbocycles. The van der Waals surface area contributed by atoms with E-state index >= 15 is 0 Å². The van der Waals surface area contributed by atoms with Gasteiger partial charge in [0.2, 0.25) is 5.91 Å². The third-order valence-corrected chi connectivity index (χ3v) is 3.46. The molecule has 0 aromatic heterocycles. The largest absolute Gasteiger partial charge is 0.329 e. The monoisotopic (exact) mass is 211 g/mol. The molecule has 0 aromatic rings. The van der Waals surface area contributed by atoms with E-state index in [1.165, 1.54) is 25.7 Å². The van der Waals surface area contributed by atoms with Crippen LogP contribution in [0.3, 0.4) is 0 Å². The third kappa shape index (κ3) is 2.32. The fraction of sp³-hybridized carbons (Fsp3) is 0.909. The van der Waals surface area contributed by atoms with Crippen molar-refractivity contribution in [3.05, 3.63) is 0 Å². The highest BCUT2D eigenvalue weighted by Crippen LogP contribution is 2.27. The van der Waals surface area contributed by atoms with Crippen molar-refractivity contribution in [1.82, 2.24) is 10.0 Å². The van der Waals surface area contributed by atoms with Gasteiger partial charge in [-0.05, 0) is 19.3 Å². The van der Waals surface area contributed by atoms with Crippen molar-refractivity contribution < 1.29 is 4.79 Å². The first-order chi connectivity index (χ1) is 7.33.